The molecule has 0 radical (unpaired) electrons. The molecule has 2 rings (SSSR count). The second-order valence-electron chi connectivity index (χ2n) is 5.79. The van der Waals surface area contributed by atoms with Gasteiger partial charge in [0.2, 0.25) is 11.8 Å². The van der Waals surface area contributed by atoms with Crippen molar-refractivity contribution in [2.75, 3.05) is 25.5 Å². The van der Waals surface area contributed by atoms with Crippen molar-refractivity contribution in [1.29, 1.82) is 0 Å². The van der Waals surface area contributed by atoms with E-state index in [0.717, 1.165) is 17.7 Å². The summed E-state index contributed by atoms with van der Waals surface area (Å²) >= 11 is 0. The van der Waals surface area contributed by atoms with Crippen LogP contribution in [0.5, 0.6) is 0 Å². The molecule has 0 saturated heterocycles. The van der Waals surface area contributed by atoms with Crippen molar-refractivity contribution in [1.82, 2.24) is 10.2 Å². The minimum atomic E-state index is -0.376. The van der Waals surface area contributed by atoms with Crippen molar-refractivity contribution in [2.24, 2.45) is 0 Å². The van der Waals surface area contributed by atoms with Gasteiger partial charge in [0.05, 0.1) is 12.8 Å². The van der Waals surface area contributed by atoms with Gasteiger partial charge in [0.15, 0.2) is 5.76 Å². The molecule has 1 heterocycles. The molecule has 1 aromatic carbocycles. The highest BCUT2D eigenvalue weighted by atomic mass is 16.3. The van der Waals surface area contributed by atoms with Gasteiger partial charge in [-0.05, 0) is 30.2 Å². The van der Waals surface area contributed by atoms with E-state index in [0.29, 0.717) is 0 Å². The lowest BCUT2D eigenvalue weighted by Gasteiger charge is -2.17. The van der Waals surface area contributed by atoms with Crippen molar-refractivity contribution in [3.63, 3.8) is 0 Å². The number of para-hydroxylation sites is 1. The van der Waals surface area contributed by atoms with E-state index in [4.69, 9.17) is 4.42 Å². The molecule has 0 aliphatic carbocycles. The Morgan fingerprint density at radius 3 is 2.58 bits per heavy atom. The highest BCUT2D eigenvalue weighted by Crippen LogP contribution is 2.15. The molecule has 1 aromatic heterocycles. The molecule has 0 fully saturated rings. The van der Waals surface area contributed by atoms with Gasteiger partial charge in [-0.2, -0.15) is 0 Å². The molecule has 0 aliphatic heterocycles. The Morgan fingerprint density at radius 1 is 1.12 bits per heavy atom. The van der Waals surface area contributed by atoms with E-state index >= 15 is 0 Å². The maximum Gasteiger partial charge on any atom is 0.286 e. The van der Waals surface area contributed by atoms with E-state index in [1.54, 1.807) is 19.2 Å². The van der Waals surface area contributed by atoms with Gasteiger partial charge in [0.25, 0.3) is 5.91 Å². The van der Waals surface area contributed by atoms with Crippen LogP contribution in [0.3, 0.4) is 0 Å². The van der Waals surface area contributed by atoms with Crippen molar-refractivity contribution >= 4 is 23.4 Å². The van der Waals surface area contributed by atoms with Crippen molar-refractivity contribution in [3.8, 4) is 0 Å². The van der Waals surface area contributed by atoms with Gasteiger partial charge in [0, 0.05) is 25.7 Å². The Balaban J connectivity index is 1.75. The largest absolute Gasteiger partial charge is 0.459 e. The third-order valence-corrected chi connectivity index (χ3v) is 3.85. The summed E-state index contributed by atoms with van der Waals surface area (Å²) in [7, 11) is 1.56. The third-order valence-electron chi connectivity index (χ3n) is 3.85. The Bertz CT molecular complexity index is 756. The maximum absolute atomic E-state index is 12.1. The number of rotatable bonds is 8. The lowest BCUT2D eigenvalue weighted by atomic mass is 10.1. The van der Waals surface area contributed by atoms with Crippen molar-refractivity contribution in [2.45, 2.75) is 19.8 Å². The monoisotopic (exact) mass is 357 g/mol. The standard InChI is InChI=1S/C19H23N3O4/c1-3-14-7-4-5-8-15(14)21-17(23)13-22(2)18(24)10-11-20-19(25)16-9-6-12-26-16/h4-9,12H,3,10-11,13H2,1-2H3,(H,20,25)(H,21,23). The predicted molar refractivity (Wildman–Crippen MR) is 97.7 cm³/mol. The van der Waals surface area contributed by atoms with Crippen LogP contribution in [0.2, 0.25) is 0 Å². The van der Waals surface area contributed by atoms with E-state index in [2.05, 4.69) is 10.6 Å². The molecule has 0 atom stereocenters. The second-order valence-corrected chi connectivity index (χ2v) is 5.79. The summed E-state index contributed by atoms with van der Waals surface area (Å²) in [6.07, 6.45) is 2.31. The van der Waals surface area contributed by atoms with Crippen LogP contribution < -0.4 is 10.6 Å². The van der Waals surface area contributed by atoms with E-state index < -0.39 is 0 Å². The Labute approximate surface area is 152 Å². The van der Waals surface area contributed by atoms with Crippen molar-refractivity contribution in [3.05, 3.63) is 54.0 Å². The Hall–Kier alpha value is -3.09. The van der Waals surface area contributed by atoms with Gasteiger partial charge >= 0.3 is 0 Å². The number of likely N-dealkylation sites (N-methyl/N-ethyl adjacent to an activating group) is 1. The lowest BCUT2D eigenvalue weighted by molar-refractivity contribution is -0.133. The first kappa shape index (κ1) is 19.2. The van der Waals surface area contributed by atoms with Gasteiger partial charge in [-0.1, -0.05) is 25.1 Å². The molecule has 26 heavy (non-hydrogen) atoms. The van der Waals surface area contributed by atoms with Crippen LogP contribution in [0, 0.1) is 0 Å². The minimum absolute atomic E-state index is 0.0526. The molecule has 0 bridgehead atoms. The molecule has 7 heteroatoms. The number of hydrogen-bond acceptors (Lipinski definition) is 4. The quantitative estimate of drug-likeness (QED) is 0.756. The zero-order chi connectivity index (χ0) is 18.9. The fourth-order valence-electron chi connectivity index (χ4n) is 2.41. The van der Waals surface area contributed by atoms with E-state index in [1.165, 1.54) is 11.2 Å². The van der Waals surface area contributed by atoms with E-state index in [9.17, 15) is 14.4 Å². The number of carbonyl (C=O) groups excluding carboxylic acids is 3. The molecule has 2 aromatic rings. The van der Waals surface area contributed by atoms with Crippen LogP contribution in [0.4, 0.5) is 5.69 Å². The number of hydrogen-bond donors (Lipinski definition) is 2. The fourth-order valence-corrected chi connectivity index (χ4v) is 2.41. The van der Waals surface area contributed by atoms with Crippen LogP contribution in [0.1, 0.15) is 29.5 Å². The summed E-state index contributed by atoms with van der Waals surface area (Å²) in [6.45, 7) is 2.13. The number of furan rings is 1. The van der Waals surface area contributed by atoms with Crippen LogP contribution >= 0.6 is 0 Å². The molecule has 138 valence electrons. The fraction of sp³-hybridized carbons (Fsp3) is 0.316. The van der Waals surface area contributed by atoms with Crippen LogP contribution in [0.15, 0.2) is 47.1 Å². The Kier molecular flexibility index (Phi) is 6.96. The molecule has 0 aliphatic rings. The third kappa shape index (κ3) is 5.47. The van der Waals surface area contributed by atoms with Gasteiger partial charge in [0.1, 0.15) is 0 Å². The van der Waals surface area contributed by atoms with Gasteiger partial charge in [-0.15, -0.1) is 0 Å². The highest BCUT2D eigenvalue weighted by molar-refractivity contribution is 5.95. The van der Waals surface area contributed by atoms with Crippen molar-refractivity contribution < 1.29 is 18.8 Å². The topological polar surface area (TPSA) is 91.7 Å². The average Bonchev–Trinajstić information content (AvgIpc) is 3.16. The molecular weight excluding hydrogens is 334 g/mol. The summed E-state index contributed by atoms with van der Waals surface area (Å²) < 4.78 is 4.97. The zero-order valence-electron chi connectivity index (χ0n) is 15.0. The summed E-state index contributed by atoms with van der Waals surface area (Å²) in [6, 6.07) is 10.7. The number of carbonyl (C=O) groups is 3. The molecule has 7 nitrogen and oxygen atoms in total. The average molecular weight is 357 g/mol. The highest BCUT2D eigenvalue weighted by Gasteiger charge is 2.15. The van der Waals surface area contributed by atoms with Gasteiger partial charge in [-0.3, -0.25) is 14.4 Å². The number of nitrogens with one attached hydrogen (secondary N) is 2. The molecule has 3 amide bonds. The number of benzene rings is 1. The number of amides is 3. The van der Waals surface area contributed by atoms with Gasteiger partial charge in [-0.25, -0.2) is 0 Å². The van der Waals surface area contributed by atoms with E-state index in [1.807, 2.05) is 31.2 Å². The first-order valence-electron chi connectivity index (χ1n) is 8.44. The molecular formula is C19H23N3O4. The normalized spacial score (nSPS) is 10.2. The van der Waals surface area contributed by atoms with Crippen LogP contribution in [-0.4, -0.2) is 42.8 Å². The summed E-state index contributed by atoms with van der Waals surface area (Å²) in [5, 5.41) is 5.42. The Morgan fingerprint density at radius 2 is 1.88 bits per heavy atom. The minimum Gasteiger partial charge on any atom is -0.459 e. The lowest BCUT2D eigenvalue weighted by Crippen LogP contribution is -2.37. The predicted octanol–water partition coefficient (Wildman–Crippen LogP) is 2.06. The van der Waals surface area contributed by atoms with Crippen LogP contribution in [0.25, 0.3) is 0 Å². The first-order chi connectivity index (χ1) is 12.5. The first-order valence-corrected chi connectivity index (χ1v) is 8.44. The number of aryl methyl sites for hydroxylation is 1. The second kappa shape index (κ2) is 9.41. The smallest absolute Gasteiger partial charge is 0.286 e. The molecule has 2 N–H and O–H groups in total. The molecule has 0 spiro atoms. The zero-order valence-corrected chi connectivity index (χ0v) is 15.0. The molecule has 0 saturated carbocycles. The van der Waals surface area contributed by atoms with E-state index in [-0.39, 0.29) is 43.0 Å². The van der Waals surface area contributed by atoms with Gasteiger partial charge < -0.3 is 20.0 Å². The summed E-state index contributed by atoms with van der Waals surface area (Å²) in [5.74, 6) is -0.677. The molecule has 0 unspecified atom stereocenters. The summed E-state index contributed by atoms with van der Waals surface area (Å²) in [4.78, 5) is 37.3. The van der Waals surface area contributed by atoms with Crippen LogP contribution in [-0.2, 0) is 16.0 Å². The SMILES string of the molecule is CCc1ccccc1NC(=O)CN(C)C(=O)CCNC(=O)c1ccco1. The maximum atomic E-state index is 12.1. The number of nitrogens with zero attached hydrogens (tertiary/aromatic N) is 1. The summed E-state index contributed by atoms with van der Waals surface area (Å²) in [5.41, 5.74) is 1.79. The number of anilines is 1.